The Morgan fingerprint density at radius 2 is 0.829 bits per heavy atom. The number of hydrogen-bond donors (Lipinski definition) is 1. The highest BCUT2D eigenvalue weighted by atomic mass is 16.6. The minimum absolute atomic E-state index is 0.136. The molecule has 3 fully saturated rings. The standard InChI is InChI=1S/C64H74N2O10/c1-6-63(2,3)65-60-53(57(73-41-49-33-21-11-22-34-49)55(71-39-47-29-17-9-18-30-47)51(75-60)43-69-37-45-25-13-7-14-26-45)59(67)64(4,5)66-61(68)54-58(74-42-50-35-23-12-24-36-50)56(72-40-48-31-19-10-20-32-48)52(76-62(54)66)44-70-38-46-27-15-8-16-28-46/h7-36,51-58,60,62,65H,6,37-44H2,1-5H3. The fraction of sp³-hybridized carbons (Fsp3) is 0.406. The molecule has 6 aromatic carbocycles. The first-order chi connectivity index (χ1) is 37.0. The highest BCUT2D eigenvalue weighted by Crippen LogP contribution is 2.47. The SMILES string of the molecule is CCC(C)(C)NC1OC(COCc2ccccc2)C(OCc2ccccc2)C(OCc2ccccc2)C1C(=O)C(C)(C)N1C(=O)C2C(OCc3ccccc3)C(OCc3ccccc3)C(COCc3ccccc3)OC21. The number of hydrogen-bond acceptors (Lipinski definition) is 11. The minimum atomic E-state index is -1.48. The van der Waals surface area contributed by atoms with Crippen molar-refractivity contribution in [3.63, 3.8) is 0 Å². The van der Waals surface area contributed by atoms with Gasteiger partial charge in [-0.1, -0.05) is 189 Å². The second-order valence-electron chi connectivity index (χ2n) is 21.3. The zero-order chi connectivity index (χ0) is 52.9. The lowest BCUT2D eigenvalue weighted by atomic mass is 9.73. The summed E-state index contributed by atoms with van der Waals surface area (Å²) < 4.78 is 54.8. The summed E-state index contributed by atoms with van der Waals surface area (Å²) in [6, 6.07) is 59.6. The summed E-state index contributed by atoms with van der Waals surface area (Å²) in [6.45, 7) is 11.8. The van der Waals surface area contributed by atoms with Crippen LogP contribution in [0.2, 0.25) is 0 Å². The van der Waals surface area contributed by atoms with Gasteiger partial charge in [0, 0.05) is 5.54 Å². The van der Waals surface area contributed by atoms with Crippen LogP contribution in [-0.4, -0.2) is 90.0 Å². The molecule has 6 aromatic rings. The van der Waals surface area contributed by atoms with Crippen molar-refractivity contribution in [1.29, 1.82) is 0 Å². The molecule has 0 aliphatic carbocycles. The third-order valence-corrected chi connectivity index (χ3v) is 15.0. The van der Waals surface area contributed by atoms with Crippen LogP contribution in [0.25, 0.3) is 0 Å². The van der Waals surface area contributed by atoms with Crippen molar-refractivity contribution in [2.75, 3.05) is 13.2 Å². The Bertz CT molecular complexity index is 2700. The number of nitrogens with one attached hydrogen (secondary N) is 1. The maximum absolute atomic E-state index is 16.3. The summed E-state index contributed by atoms with van der Waals surface area (Å²) in [7, 11) is 0. The Labute approximate surface area is 448 Å². The van der Waals surface area contributed by atoms with Gasteiger partial charge >= 0.3 is 0 Å². The zero-order valence-corrected chi connectivity index (χ0v) is 44.5. The lowest BCUT2D eigenvalue weighted by Gasteiger charge is -2.60. The Morgan fingerprint density at radius 3 is 1.22 bits per heavy atom. The molecule has 400 valence electrons. The molecule has 9 rings (SSSR count). The van der Waals surface area contributed by atoms with Gasteiger partial charge in [0.2, 0.25) is 5.91 Å². The number of amides is 1. The number of ether oxygens (including phenoxy) is 8. The molecular weight excluding hydrogens is 957 g/mol. The molecule has 10 atom stereocenters. The molecular formula is C64H74N2O10. The summed E-state index contributed by atoms with van der Waals surface area (Å²) in [5.74, 6) is -2.35. The normalized spacial score (nSPS) is 24.6. The molecule has 3 aliphatic rings. The molecule has 3 saturated heterocycles. The van der Waals surface area contributed by atoms with Crippen LogP contribution in [-0.2, 0) is 87.1 Å². The molecule has 3 heterocycles. The van der Waals surface area contributed by atoms with Gasteiger partial charge in [0.1, 0.15) is 55.0 Å². The number of carbonyl (C=O) groups is 2. The number of carbonyl (C=O) groups excluding carboxylic acids is 2. The molecule has 1 N–H and O–H groups in total. The van der Waals surface area contributed by atoms with Crippen LogP contribution in [0, 0.1) is 11.8 Å². The first kappa shape index (κ1) is 54.9. The van der Waals surface area contributed by atoms with Crippen molar-refractivity contribution in [3.05, 3.63) is 215 Å². The maximum atomic E-state index is 16.3. The van der Waals surface area contributed by atoms with Crippen molar-refractivity contribution < 1.29 is 47.5 Å². The van der Waals surface area contributed by atoms with Gasteiger partial charge in [0.25, 0.3) is 0 Å². The quantitative estimate of drug-likeness (QED) is 0.0523. The Morgan fingerprint density at radius 1 is 0.487 bits per heavy atom. The fourth-order valence-corrected chi connectivity index (χ4v) is 10.4. The molecule has 76 heavy (non-hydrogen) atoms. The monoisotopic (exact) mass is 1030 g/mol. The van der Waals surface area contributed by atoms with Crippen LogP contribution in [0.5, 0.6) is 0 Å². The van der Waals surface area contributed by atoms with E-state index < -0.39 is 72.0 Å². The van der Waals surface area contributed by atoms with Crippen LogP contribution in [0.1, 0.15) is 74.4 Å². The molecule has 1 amide bonds. The highest BCUT2D eigenvalue weighted by molar-refractivity contribution is 5.98. The van der Waals surface area contributed by atoms with E-state index in [-0.39, 0.29) is 51.3 Å². The van der Waals surface area contributed by atoms with Crippen molar-refractivity contribution in [3.8, 4) is 0 Å². The van der Waals surface area contributed by atoms with Gasteiger partial charge in [-0.15, -0.1) is 0 Å². The molecule has 0 aromatic heterocycles. The lowest BCUT2D eigenvalue weighted by molar-refractivity contribution is -0.307. The minimum Gasteiger partial charge on any atom is -0.374 e. The van der Waals surface area contributed by atoms with Gasteiger partial charge in [-0.3, -0.25) is 14.9 Å². The number of fused-ring (bicyclic) bond motifs is 1. The van der Waals surface area contributed by atoms with Crippen LogP contribution in [0.4, 0.5) is 0 Å². The van der Waals surface area contributed by atoms with Gasteiger partial charge < -0.3 is 42.8 Å². The van der Waals surface area contributed by atoms with Crippen LogP contribution < -0.4 is 5.32 Å². The number of benzene rings is 6. The zero-order valence-electron chi connectivity index (χ0n) is 44.5. The molecule has 0 spiro atoms. The van der Waals surface area contributed by atoms with Crippen LogP contribution in [0.15, 0.2) is 182 Å². The van der Waals surface area contributed by atoms with Crippen LogP contribution in [0.3, 0.4) is 0 Å². The predicted molar refractivity (Wildman–Crippen MR) is 290 cm³/mol. The molecule has 12 nitrogen and oxygen atoms in total. The fourth-order valence-electron chi connectivity index (χ4n) is 10.4. The molecule has 0 saturated carbocycles. The first-order valence-corrected chi connectivity index (χ1v) is 26.8. The molecule has 3 aliphatic heterocycles. The number of Topliss-reactive ketones (excluding diaryl/α,β-unsaturated/α-hetero) is 1. The van der Waals surface area contributed by atoms with E-state index in [0.717, 1.165) is 39.8 Å². The van der Waals surface area contributed by atoms with E-state index in [1.807, 2.05) is 182 Å². The Hall–Kier alpha value is -5.90. The Kier molecular flexibility index (Phi) is 18.7. The lowest BCUT2D eigenvalue weighted by Crippen LogP contribution is -2.79. The average molecular weight is 1030 g/mol. The summed E-state index contributed by atoms with van der Waals surface area (Å²) >= 11 is 0. The second kappa shape index (κ2) is 26.0. The largest absolute Gasteiger partial charge is 0.374 e. The average Bonchev–Trinajstić information content (AvgIpc) is 3.49. The topological polar surface area (TPSA) is 123 Å². The first-order valence-electron chi connectivity index (χ1n) is 26.8. The van der Waals surface area contributed by atoms with Crippen molar-refractivity contribution in [1.82, 2.24) is 10.2 Å². The number of rotatable bonds is 26. The molecule has 12 heteroatoms. The summed E-state index contributed by atoms with van der Waals surface area (Å²) in [5, 5.41) is 3.75. The van der Waals surface area contributed by atoms with Gasteiger partial charge in [0.15, 0.2) is 5.78 Å². The van der Waals surface area contributed by atoms with E-state index in [2.05, 4.69) is 26.1 Å². The molecule has 0 bridgehead atoms. The third-order valence-electron chi connectivity index (χ3n) is 15.0. The smallest absolute Gasteiger partial charge is 0.235 e. The predicted octanol–water partition coefficient (Wildman–Crippen LogP) is 10.4. The van der Waals surface area contributed by atoms with E-state index in [4.69, 9.17) is 37.9 Å². The summed E-state index contributed by atoms with van der Waals surface area (Å²) in [6.07, 6.45) is -5.53. The van der Waals surface area contributed by atoms with E-state index in [1.165, 1.54) is 0 Å². The summed E-state index contributed by atoms with van der Waals surface area (Å²) in [5.41, 5.74) is 3.85. The van der Waals surface area contributed by atoms with Gasteiger partial charge in [0.05, 0.1) is 64.3 Å². The van der Waals surface area contributed by atoms with E-state index in [9.17, 15) is 0 Å². The van der Waals surface area contributed by atoms with Gasteiger partial charge in [-0.05, 0) is 67.5 Å². The van der Waals surface area contributed by atoms with Crippen molar-refractivity contribution in [2.45, 2.75) is 141 Å². The summed E-state index contributed by atoms with van der Waals surface area (Å²) in [4.78, 5) is 33.3. The second-order valence-corrected chi connectivity index (χ2v) is 21.3. The van der Waals surface area contributed by atoms with E-state index in [1.54, 1.807) is 18.7 Å². The highest BCUT2D eigenvalue weighted by Gasteiger charge is 2.66. The maximum Gasteiger partial charge on any atom is 0.235 e. The van der Waals surface area contributed by atoms with Gasteiger partial charge in [-0.2, -0.15) is 0 Å². The van der Waals surface area contributed by atoms with Crippen molar-refractivity contribution >= 4 is 11.7 Å². The number of β-lactam (4-membered cyclic amide) rings is 1. The number of ketones is 1. The van der Waals surface area contributed by atoms with E-state index in [0.29, 0.717) is 13.2 Å². The van der Waals surface area contributed by atoms with E-state index >= 15 is 9.59 Å². The van der Waals surface area contributed by atoms with Crippen LogP contribution >= 0.6 is 0 Å². The molecule has 0 radical (unpaired) electrons. The number of likely N-dealkylation sites (tertiary alicyclic amines) is 1. The Balaban J connectivity index is 1.07. The molecule has 10 unspecified atom stereocenters. The third kappa shape index (κ3) is 13.6. The van der Waals surface area contributed by atoms with Gasteiger partial charge in [-0.25, -0.2) is 0 Å². The number of nitrogens with zero attached hydrogens (tertiary/aromatic N) is 1. The van der Waals surface area contributed by atoms with Crippen molar-refractivity contribution in [2.24, 2.45) is 11.8 Å².